The second-order valence-electron chi connectivity index (χ2n) is 4.95. The van der Waals surface area contributed by atoms with Crippen LogP contribution in [0.5, 0.6) is 11.5 Å². The van der Waals surface area contributed by atoms with Crippen molar-refractivity contribution < 1.29 is 14.3 Å². The van der Waals surface area contributed by atoms with Gasteiger partial charge in [0.2, 0.25) is 0 Å². The first-order valence-electron chi connectivity index (χ1n) is 6.75. The molecule has 0 saturated heterocycles. The highest BCUT2D eigenvalue weighted by Gasteiger charge is 2.19. The topological polar surface area (TPSA) is 57.5 Å². The summed E-state index contributed by atoms with van der Waals surface area (Å²) in [5.41, 5.74) is 0.771. The second kappa shape index (κ2) is 5.18. The van der Waals surface area contributed by atoms with Gasteiger partial charge in [-0.15, -0.1) is 0 Å². The number of nitrogens with zero attached hydrogens (tertiary/aromatic N) is 1. The molecule has 0 radical (unpaired) electrons. The van der Waals surface area contributed by atoms with Gasteiger partial charge in [-0.25, -0.2) is 0 Å². The summed E-state index contributed by atoms with van der Waals surface area (Å²) in [6.07, 6.45) is 0.721. The van der Waals surface area contributed by atoms with E-state index >= 15 is 0 Å². The van der Waals surface area contributed by atoms with Crippen LogP contribution in [0.15, 0.2) is 35.1 Å². The summed E-state index contributed by atoms with van der Waals surface area (Å²) < 4.78 is 12.3. The maximum absolute atomic E-state index is 12.5. The van der Waals surface area contributed by atoms with Crippen molar-refractivity contribution in [3.63, 3.8) is 0 Å². The molecule has 2 aromatic carbocycles. The highest BCUT2D eigenvalue weighted by molar-refractivity contribution is 6.14. The monoisotopic (exact) mass is 297 g/mol. The highest BCUT2D eigenvalue weighted by Crippen LogP contribution is 2.40. The Kier molecular flexibility index (Phi) is 3.33. The van der Waals surface area contributed by atoms with Crippen molar-refractivity contribution in [3.05, 3.63) is 46.2 Å². The lowest BCUT2D eigenvalue weighted by Crippen LogP contribution is -2.18. The molecular formula is C17H15NO4. The summed E-state index contributed by atoms with van der Waals surface area (Å²) in [4.78, 5) is 24.0. The van der Waals surface area contributed by atoms with Gasteiger partial charge in [0.1, 0.15) is 0 Å². The number of aryl methyl sites for hydroxylation is 1. The Labute approximate surface area is 126 Å². The molecule has 0 unspecified atom stereocenters. The standard InChI is InChI=1S/C17H15NO4/c1-18-15-10(9-19)8-13(21-2)16(22-3)14(15)11-6-4-5-7-12(11)17(18)20/h4-9H,1-3H3. The Morgan fingerprint density at radius 3 is 2.36 bits per heavy atom. The Bertz CT molecular complexity index is 956. The fourth-order valence-corrected chi connectivity index (χ4v) is 2.88. The Balaban J connectivity index is 2.75. The van der Waals surface area contributed by atoms with Crippen molar-refractivity contribution in [2.24, 2.45) is 7.05 Å². The predicted octanol–water partition coefficient (Wildman–Crippen LogP) is 2.52. The number of rotatable bonds is 3. The maximum atomic E-state index is 12.5. The van der Waals surface area contributed by atoms with Crippen molar-refractivity contribution in [3.8, 4) is 11.5 Å². The molecular weight excluding hydrogens is 282 g/mol. The first-order chi connectivity index (χ1) is 10.6. The van der Waals surface area contributed by atoms with Crippen LogP contribution in [0, 0.1) is 0 Å². The quantitative estimate of drug-likeness (QED) is 0.550. The molecule has 0 N–H and O–H groups in total. The van der Waals surface area contributed by atoms with Crippen LogP contribution in [0.25, 0.3) is 21.7 Å². The average molecular weight is 297 g/mol. The lowest BCUT2D eigenvalue weighted by atomic mass is 10.0. The molecule has 0 atom stereocenters. The molecule has 0 spiro atoms. The minimum Gasteiger partial charge on any atom is -0.493 e. The molecule has 3 aromatic rings. The number of carbonyl (C=O) groups is 1. The van der Waals surface area contributed by atoms with Crippen molar-refractivity contribution in [2.75, 3.05) is 14.2 Å². The van der Waals surface area contributed by atoms with E-state index in [0.29, 0.717) is 33.4 Å². The van der Waals surface area contributed by atoms with Crippen LogP contribution in [0.1, 0.15) is 10.4 Å². The van der Waals surface area contributed by atoms with E-state index in [0.717, 1.165) is 11.7 Å². The van der Waals surface area contributed by atoms with E-state index in [1.54, 1.807) is 19.2 Å². The first-order valence-corrected chi connectivity index (χ1v) is 6.75. The third-order valence-electron chi connectivity index (χ3n) is 3.87. The second-order valence-corrected chi connectivity index (χ2v) is 4.95. The molecule has 0 aliphatic rings. The molecule has 0 saturated carbocycles. The van der Waals surface area contributed by atoms with Gasteiger partial charge in [-0.05, 0) is 12.1 Å². The van der Waals surface area contributed by atoms with Gasteiger partial charge in [0, 0.05) is 23.4 Å². The lowest BCUT2D eigenvalue weighted by molar-refractivity contribution is 0.112. The smallest absolute Gasteiger partial charge is 0.258 e. The van der Waals surface area contributed by atoms with Gasteiger partial charge in [-0.3, -0.25) is 9.59 Å². The number of benzene rings is 2. The van der Waals surface area contributed by atoms with Crippen molar-refractivity contribution in [1.29, 1.82) is 0 Å². The molecule has 5 nitrogen and oxygen atoms in total. The normalized spacial score (nSPS) is 10.9. The first kappa shape index (κ1) is 14.1. The van der Waals surface area contributed by atoms with Crippen LogP contribution in [0.3, 0.4) is 0 Å². The summed E-state index contributed by atoms with van der Waals surface area (Å²) in [5.74, 6) is 0.968. The van der Waals surface area contributed by atoms with Gasteiger partial charge in [0.05, 0.1) is 25.1 Å². The molecule has 1 aromatic heterocycles. The summed E-state index contributed by atoms with van der Waals surface area (Å²) in [6.45, 7) is 0. The number of aromatic nitrogens is 1. The van der Waals surface area contributed by atoms with E-state index in [4.69, 9.17) is 9.47 Å². The molecule has 0 amide bonds. The molecule has 0 fully saturated rings. The van der Waals surface area contributed by atoms with Gasteiger partial charge in [0.25, 0.3) is 5.56 Å². The number of ether oxygens (including phenoxy) is 2. The van der Waals surface area contributed by atoms with Crippen LogP contribution in [0.2, 0.25) is 0 Å². The fraction of sp³-hybridized carbons (Fsp3) is 0.176. The molecule has 0 aliphatic heterocycles. The summed E-state index contributed by atoms with van der Waals surface area (Å²) in [5, 5.41) is 2.00. The maximum Gasteiger partial charge on any atom is 0.258 e. The summed E-state index contributed by atoms with van der Waals surface area (Å²) in [7, 11) is 4.70. The van der Waals surface area contributed by atoms with Crippen molar-refractivity contribution in [2.45, 2.75) is 0 Å². The number of carbonyl (C=O) groups excluding carboxylic acids is 1. The van der Waals surface area contributed by atoms with Gasteiger partial charge < -0.3 is 14.0 Å². The lowest BCUT2D eigenvalue weighted by Gasteiger charge is -2.16. The van der Waals surface area contributed by atoms with E-state index < -0.39 is 0 Å². The van der Waals surface area contributed by atoms with Crippen LogP contribution < -0.4 is 15.0 Å². The van der Waals surface area contributed by atoms with Crippen LogP contribution in [0.4, 0.5) is 0 Å². The van der Waals surface area contributed by atoms with Gasteiger partial charge in [-0.1, -0.05) is 18.2 Å². The Morgan fingerprint density at radius 1 is 1.09 bits per heavy atom. The van der Waals surface area contributed by atoms with Crippen molar-refractivity contribution >= 4 is 28.0 Å². The summed E-state index contributed by atoms with van der Waals surface area (Å²) >= 11 is 0. The highest BCUT2D eigenvalue weighted by atomic mass is 16.5. The molecule has 1 heterocycles. The average Bonchev–Trinajstić information content (AvgIpc) is 2.57. The largest absolute Gasteiger partial charge is 0.493 e. The zero-order valence-electron chi connectivity index (χ0n) is 12.5. The van der Waals surface area contributed by atoms with Crippen molar-refractivity contribution in [1.82, 2.24) is 4.57 Å². The zero-order valence-corrected chi connectivity index (χ0v) is 12.5. The van der Waals surface area contributed by atoms with Gasteiger partial charge >= 0.3 is 0 Å². The number of hydrogen-bond donors (Lipinski definition) is 0. The Morgan fingerprint density at radius 2 is 1.77 bits per heavy atom. The van der Waals surface area contributed by atoms with Gasteiger partial charge in [0.15, 0.2) is 17.8 Å². The molecule has 22 heavy (non-hydrogen) atoms. The third-order valence-corrected chi connectivity index (χ3v) is 3.87. The summed E-state index contributed by atoms with van der Waals surface area (Å²) in [6, 6.07) is 8.85. The van der Waals surface area contributed by atoms with E-state index in [-0.39, 0.29) is 5.56 Å². The number of pyridine rings is 1. The van der Waals surface area contributed by atoms with Crippen LogP contribution in [-0.2, 0) is 7.05 Å². The molecule has 5 heteroatoms. The SMILES string of the molecule is COc1cc(C=O)c2c(c1OC)c1ccccc1c(=O)n2C. The Hall–Kier alpha value is -2.82. The van der Waals surface area contributed by atoms with E-state index in [1.165, 1.54) is 18.8 Å². The molecule has 0 bridgehead atoms. The zero-order chi connectivity index (χ0) is 15.9. The molecule has 112 valence electrons. The minimum atomic E-state index is -0.154. The van der Waals surface area contributed by atoms with E-state index in [9.17, 15) is 9.59 Å². The van der Waals surface area contributed by atoms with Gasteiger partial charge in [-0.2, -0.15) is 0 Å². The molecule has 3 rings (SSSR count). The number of methoxy groups -OCH3 is 2. The van der Waals surface area contributed by atoms with Crippen LogP contribution >= 0.6 is 0 Å². The van der Waals surface area contributed by atoms with Crippen LogP contribution in [-0.4, -0.2) is 25.1 Å². The number of aldehydes is 1. The predicted molar refractivity (Wildman–Crippen MR) is 85.2 cm³/mol. The minimum absolute atomic E-state index is 0.154. The number of fused-ring (bicyclic) bond motifs is 3. The van der Waals surface area contributed by atoms with E-state index in [2.05, 4.69) is 0 Å². The number of hydrogen-bond acceptors (Lipinski definition) is 4. The fourth-order valence-electron chi connectivity index (χ4n) is 2.88. The molecule has 0 aliphatic carbocycles. The third kappa shape index (κ3) is 1.79. The van der Waals surface area contributed by atoms with E-state index in [1.807, 2.05) is 18.2 Å².